The fraction of sp³-hybridized carbons (Fsp3) is 0.523. The molecule has 5 aliphatic rings. The lowest BCUT2D eigenvalue weighted by atomic mass is 9.85. The lowest BCUT2D eigenvalue weighted by Gasteiger charge is -2.37. The Morgan fingerprint density at radius 3 is 2.53 bits per heavy atom. The molecule has 0 bridgehead atoms. The number of nitrogens with one attached hydrogen (secondary N) is 2. The zero-order chi connectivity index (χ0) is 42.7. The molecule has 2 aliphatic carbocycles. The number of carbonyl (C=O) groups is 3. The number of carbonyl (C=O) groups excluding carboxylic acids is 3. The molecule has 7 heterocycles. The quantitative estimate of drug-likeness (QED) is 0.163. The monoisotopic (exact) mass is 848 g/mol. The summed E-state index contributed by atoms with van der Waals surface area (Å²) in [6.45, 7) is 7.04. The third-order valence-electron chi connectivity index (χ3n) is 13.9. The number of para-hydroxylation sites is 1. The van der Waals surface area contributed by atoms with E-state index < -0.39 is 30.0 Å². The molecule has 4 aromatic heterocycles. The predicted octanol–water partition coefficient (Wildman–Crippen LogP) is 4.14. The number of fused-ring (bicyclic) bond motifs is 2. The summed E-state index contributed by atoms with van der Waals surface area (Å²) in [6, 6.07) is 6.65. The highest BCUT2D eigenvalue weighted by atomic mass is 19.3. The highest BCUT2D eigenvalue weighted by Crippen LogP contribution is 2.53. The highest BCUT2D eigenvalue weighted by molar-refractivity contribution is 6.08. The first-order valence-electron chi connectivity index (χ1n) is 21.8. The average molecular weight is 849 g/mol. The number of hydrogen-bond donors (Lipinski definition) is 2. The number of alkyl halides is 2. The van der Waals surface area contributed by atoms with Crippen LogP contribution in [0.15, 0.2) is 47.7 Å². The molecule has 16 nitrogen and oxygen atoms in total. The van der Waals surface area contributed by atoms with E-state index in [4.69, 9.17) is 4.98 Å². The molecule has 1 atom stereocenters. The molecule has 5 aromatic rings. The number of imidazole rings is 1. The molecule has 324 valence electrons. The summed E-state index contributed by atoms with van der Waals surface area (Å²) in [5.41, 5.74) is 2.27. The van der Waals surface area contributed by atoms with Gasteiger partial charge in [0.05, 0.1) is 41.1 Å². The third kappa shape index (κ3) is 7.65. The summed E-state index contributed by atoms with van der Waals surface area (Å²) in [5, 5.41) is 13.7. The van der Waals surface area contributed by atoms with Crippen molar-refractivity contribution in [3.05, 3.63) is 70.2 Å². The van der Waals surface area contributed by atoms with E-state index in [1.807, 2.05) is 24.3 Å². The Morgan fingerprint density at radius 1 is 1.00 bits per heavy atom. The molecule has 1 unspecified atom stereocenters. The van der Waals surface area contributed by atoms with Crippen molar-refractivity contribution in [3.63, 3.8) is 0 Å². The smallest absolute Gasteiger partial charge is 0.329 e. The van der Waals surface area contributed by atoms with E-state index >= 15 is 0 Å². The fourth-order valence-corrected chi connectivity index (χ4v) is 10.1. The van der Waals surface area contributed by atoms with Gasteiger partial charge in [0.15, 0.2) is 11.3 Å². The van der Waals surface area contributed by atoms with Gasteiger partial charge in [0.1, 0.15) is 17.4 Å². The van der Waals surface area contributed by atoms with Gasteiger partial charge in [-0.1, -0.05) is 17.9 Å². The van der Waals surface area contributed by atoms with E-state index in [0.29, 0.717) is 40.1 Å². The number of aromatic nitrogens is 7. The van der Waals surface area contributed by atoms with Crippen molar-refractivity contribution in [2.75, 3.05) is 62.6 Å². The van der Waals surface area contributed by atoms with Gasteiger partial charge in [0.2, 0.25) is 11.8 Å². The van der Waals surface area contributed by atoms with Crippen LogP contribution in [0, 0.1) is 23.2 Å². The lowest BCUT2D eigenvalue weighted by Crippen LogP contribution is -2.48. The second kappa shape index (κ2) is 16.1. The number of piperazine rings is 1. The first-order valence-corrected chi connectivity index (χ1v) is 21.8. The van der Waals surface area contributed by atoms with Crippen molar-refractivity contribution in [1.29, 1.82) is 0 Å². The van der Waals surface area contributed by atoms with Crippen molar-refractivity contribution in [1.82, 2.24) is 48.6 Å². The van der Waals surface area contributed by atoms with Gasteiger partial charge in [-0.15, -0.1) is 0 Å². The zero-order valence-electron chi connectivity index (χ0n) is 34.7. The van der Waals surface area contributed by atoms with Gasteiger partial charge < -0.3 is 15.1 Å². The van der Waals surface area contributed by atoms with Crippen LogP contribution < -0.4 is 21.2 Å². The van der Waals surface area contributed by atoms with Gasteiger partial charge >= 0.3 is 5.69 Å². The van der Waals surface area contributed by atoms with Crippen molar-refractivity contribution in [2.45, 2.75) is 76.3 Å². The maximum atomic E-state index is 14.3. The number of benzene rings is 1. The first kappa shape index (κ1) is 40.2. The molecule has 62 heavy (non-hydrogen) atoms. The molecular weight excluding hydrogens is 799 g/mol. The number of anilines is 2. The number of piperidine rings is 1. The van der Waals surface area contributed by atoms with Gasteiger partial charge in [0, 0.05) is 71.7 Å². The summed E-state index contributed by atoms with van der Waals surface area (Å²) in [4.78, 5) is 63.0. The van der Waals surface area contributed by atoms with E-state index in [2.05, 4.69) is 47.4 Å². The Morgan fingerprint density at radius 2 is 1.79 bits per heavy atom. The normalized spacial score (nSPS) is 23.0. The van der Waals surface area contributed by atoms with Crippen LogP contribution in [0.5, 0.6) is 0 Å². The number of halogens is 2. The molecular formula is C44H50F2N12O4. The Kier molecular flexibility index (Phi) is 10.4. The molecule has 18 heteroatoms. The van der Waals surface area contributed by atoms with Crippen LogP contribution in [-0.4, -0.2) is 113 Å². The molecule has 5 fully saturated rings. The zero-order valence-corrected chi connectivity index (χ0v) is 34.7. The SMILES string of the molecule is Cn1c(=O)n(C2CCC(=O)NC2=O)c2cccc(C#CCN3CCN(CC4CCC(n5cc(NC(=O)c6cnn7ccc(N8CCC9(CC9)C8)nc67)c(C(F)F)n5)CC4)CC3)c21. The molecule has 0 radical (unpaired) electrons. The van der Waals surface area contributed by atoms with E-state index in [9.17, 15) is 28.0 Å². The highest BCUT2D eigenvalue weighted by Gasteiger charge is 2.48. The first-order chi connectivity index (χ1) is 30.0. The Bertz CT molecular complexity index is 2690. The number of rotatable bonds is 9. The summed E-state index contributed by atoms with van der Waals surface area (Å²) in [6.07, 6.45) is 9.53. The number of hydrogen-bond acceptors (Lipinski definition) is 10. The van der Waals surface area contributed by atoms with Crippen LogP contribution in [0.2, 0.25) is 0 Å². The van der Waals surface area contributed by atoms with Crippen LogP contribution in [0.1, 0.15) is 97.9 Å². The van der Waals surface area contributed by atoms with Gasteiger partial charge in [-0.2, -0.15) is 10.2 Å². The Hall–Kier alpha value is -5.93. The standard InChI is InChI=1S/C44H50F2N12O4/c1-52-38-29(4-2-6-33(38)58(43(52)62)34-11-12-36(59)50-42(34)61)5-3-17-53-20-22-54(23-21-53)25-28-7-9-30(10-8-28)57-26-32(37(51-57)39(45)46)48-41(60)31-24-47-56-18-13-35(49-40(31)56)55-19-16-44(27-55)14-15-44/h2,4,6,13,18,24,26,28,30,34,39H,7-12,14-17,19-23,25,27H2,1H3,(H,48,60)(H,50,59,61). The van der Waals surface area contributed by atoms with Crippen LogP contribution in [0.4, 0.5) is 20.3 Å². The molecule has 1 spiro atoms. The molecule has 1 aromatic carbocycles. The molecule has 3 aliphatic heterocycles. The van der Waals surface area contributed by atoms with Crippen molar-refractivity contribution >= 4 is 45.9 Å². The minimum Gasteiger partial charge on any atom is -0.356 e. The van der Waals surface area contributed by atoms with Crippen LogP contribution >= 0.6 is 0 Å². The summed E-state index contributed by atoms with van der Waals surface area (Å²) >= 11 is 0. The second-order valence-corrected chi connectivity index (χ2v) is 17.9. The summed E-state index contributed by atoms with van der Waals surface area (Å²) < 4.78 is 34.8. The van der Waals surface area contributed by atoms with E-state index in [-0.39, 0.29) is 41.7 Å². The van der Waals surface area contributed by atoms with Gasteiger partial charge in [0.25, 0.3) is 12.3 Å². The topological polar surface area (TPSA) is 160 Å². The molecule has 2 saturated carbocycles. The number of amides is 3. The molecule has 10 rings (SSSR count). The fourth-order valence-electron chi connectivity index (χ4n) is 10.1. The third-order valence-corrected chi connectivity index (χ3v) is 13.9. The Labute approximate surface area is 356 Å². The van der Waals surface area contributed by atoms with Crippen molar-refractivity contribution in [2.24, 2.45) is 18.4 Å². The van der Waals surface area contributed by atoms with Gasteiger partial charge in [-0.3, -0.25) is 38.4 Å². The van der Waals surface area contributed by atoms with E-state index in [0.717, 1.165) is 83.7 Å². The van der Waals surface area contributed by atoms with E-state index in [1.54, 1.807) is 24.1 Å². The predicted molar refractivity (Wildman–Crippen MR) is 226 cm³/mol. The Balaban J connectivity index is 0.716. The number of nitrogens with zero attached hydrogens (tertiary/aromatic N) is 10. The maximum absolute atomic E-state index is 14.3. The minimum atomic E-state index is -2.85. The lowest BCUT2D eigenvalue weighted by molar-refractivity contribution is -0.135. The van der Waals surface area contributed by atoms with Gasteiger partial charge in [-0.25, -0.2) is 23.1 Å². The maximum Gasteiger partial charge on any atom is 0.329 e. The second-order valence-electron chi connectivity index (χ2n) is 17.9. The molecule has 2 N–H and O–H groups in total. The molecule has 3 saturated heterocycles. The van der Waals surface area contributed by atoms with Crippen molar-refractivity contribution in [3.8, 4) is 11.8 Å². The summed E-state index contributed by atoms with van der Waals surface area (Å²) in [5.74, 6) is 6.52. The van der Waals surface area contributed by atoms with Crippen molar-refractivity contribution < 1.29 is 23.2 Å². The average Bonchev–Trinajstić information content (AvgIpc) is 3.57. The summed E-state index contributed by atoms with van der Waals surface area (Å²) in [7, 11) is 1.68. The van der Waals surface area contributed by atoms with Crippen LogP contribution in [0.25, 0.3) is 16.7 Å². The van der Waals surface area contributed by atoms with Crippen LogP contribution in [-0.2, 0) is 16.6 Å². The minimum absolute atomic E-state index is 0.00643. The van der Waals surface area contributed by atoms with Gasteiger partial charge in [-0.05, 0) is 80.9 Å². The number of imide groups is 1. The van der Waals surface area contributed by atoms with Crippen LogP contribution in [0.3, 0.4) is 0 Å². The number of aryl methyl sites for hydroxylation is 1. The van der Waals surface area contributed by atoms with E-state index in [1.165, 1.54) is 32.7 Å². The largest absolute Gasteiger partial charge is 0.356 e. The molecule has 3 amide bonds.